The molecule has 2 bridgehead atoms. The normalized spacial score (nSPS) is 37.5. The van der Waals surface area contributed by atoms with Gasteiger partial charge in [0.15, 0.2) is 0 Å². The fraction of sp³-hybridized carbons (Fsp3) is 0.700. The average Bonchev–Trinajstić information content (AvgIpc) is 3.68. The van der Waals surface area contributed by atoms with E-state index in [0.29, 0.717) is 31.2 Å². The summed E-state index contributed by atoms with van der Waals surface area (Å²) in [5.74, 6) is 1.84. The monoisotopic (exact) mass is 536 g/mol. The van der Waals surface area contributed by atoms with Crippen molar-refractivity contribution in [3.63, 3.8) is 0 Å². The van der Waals surface area contributed by atoms with Crippen LogP contribution in [0.3, 0.4) is 0 Å². The number of aliphatic hydroxyl groups is 1. The second-order valence-corrected chi connectivity index (χ2v) is 13.5. The van der Waals surface area contributed by atoms with E-state index < -0.39 is 5.60 Å². The maximum absolute atomic E-state index is 13.6. The molecule has 2 saturated heterocycles. The molecule has 7 nitrogen and oxygen atoms in total. The lowest BCUT2D eigenvalue weighted by atomic mass is 9.71. The van der Waals surface area contributed by atoms with Crippen molar-refractivity contribution in [2.45, 2.75) is 57.5 Å². The average molecular weight is 537 g/mol. The number of hydrogen-bond donors (Lipinski definition) is 1. The van der Waals surface area contributed by atoms with Crippen molar-refractivity contribution >= 4 is 39.3 Å². The van der Waals surface area contributed by atoms with Gasteiger partial charge < -0.3 is 10.0 Å². The summed E-state index contributed by atoms with van der Waals surface area (Å²) in [6, 6.07) is 8.50. The Morgan fingerprint density at radius 1 is 1.00 bits per heavy atom. The predicted molar refractivity (Wildman–Crippen MR) is 149 cm³/mol. The highest BCUT2D eigenvalue weighted by Gasteiger charge is 2.67. The van der Waals surface area contributed by atoms with Gasteiger partial charge in [-0.3, -0.25) is 19.4 Å². The summed E-state index contributed by atoms with van der Waals surface area (Å²) in [5, 5.41) is 12.4. The number of imide groups is 1. The number of likely N-dealkylation sites (tertiary alicyclic amines) is 1. The first-order valence-corrected chi connectivity index (χ1v) is 15.6. The van der Waals surface area contributed by atoms with Crippen LogP contribution in [0.2, 0.25) is 0 Å². The molecule has 8 heteroatoms. The van der Waals surface area contributed by atoms with E-state index in [1.807, 2.05) is 6.92 Å². The van der Waals surface area contributed by atoms with Crippen LogP contribution in [0.1, 0.15) is 51.9 Å². The van der Waals surface area contributed by atoms with Crippen LogP contribution in [0, 0.1) is 35.5 Å². The summed E-state index contributed by atoms with van der Waals surface area (Å²) < 4.78 is 6.01. The van der Waals surface area contributed by atoms with E-state index in [0.717, 1.165) is 51.4 Å². The highest BCUT2D eigenvalue weighted by Crippen LogP contribution is 2.61. The number of benzene rings is 1. The second-order valence-electron chi connectivity index (χ2n) is 12.7. The van der Waals surface area contributed by atoms with E-state index in [4.69, 9.17) is 4.37 Å². The van der Waals surface area contributed by atoms with Gasteiger partial charge in [0, 0.05) is 50.6 Å². The van der Waals surface area contributed by atoms with Gasteiger partial charge in [-0.15, -0.1) is 0 Å². The third-order valence-electron chi connectivity index (χ3n) is 10.9. The number of carbonyl (C=O) groups is 2. The molecular formula is C30H40N4O3S. The minimum atomic E-state index is -0.752. The summed E-state index contributed by atoms with van der Waals surface area (Å²) in [6.45, 7) is 7.69. The van der Waals surface area contributed by atoms with Crippen LogP contribution in [-0.4, -0.2) is 76.0 Å². The van der Waals surface area contributed by atoms with E-state index in [9.17, 15) is 14.7 Å². The van der Waals surface area contributed by atoms with Crippen LogP contribution in [-0.2, 0) is 9.59 Å². The maximum Gasteiger partial charge on any atom is 0.233 e. The third-order valence-corrected chi connectivity index (χ3v) is 11.7. The predicted octanol–water partition coefficient (Wildman–Crippen LogP) is 4.01. The van der Waals surface area contributed by atoms with Crippen molar-refractivity contribution in [2.24, 2.45) is 35.5 Å². The SMILES string of the molecule is CC[C@]1(O)C[C@H]2C[C@H]1[C@H]1C(=O)N(C[C@@H]3CCCC[C@H]3CN3CCN(c4nsc5ccccc45)CC3)C(=O)[C@@H]21. The molecule has 7 rings (SSSR count). The summed E-state index contributed by atoms with van der Waals surface area (Å²) in [5.41, 5.74) is -0.752. The zero-order chi connectivity index (χ0) is 26.0. The van der Waals surface area contributed by atoms with Crippen molar-refractivity contribution in [3.05, 3.63) is 24.3 Å². The van der Waals surface area contributed by atoms with Crippen LogP contribution >= 0.6 is 11.5 Å². The smallest absolute Gasteiger partial charge is 0.233 e. The van der Waals surface area contributed by atoms with Gasteiger partial charge in [0.2, 0.25) is 11.8 Å². The first-order valence-electron chi connectivity index (χ1n) is 14.9. The lowest BCUT2D eigenvalue weighted by Gasteiger charge is -2.40. The van der Waals surface area contributed by atoms with Gasteiger partial charge in [0.05, 0.1) is 22.1 Å². The molecule has 2 aromatic rings. The zero-order valence-corrected chi connectivity index (χ0v) is 23.2. The first-order chi connectivity index (χ1) is 18.5. The number of amides is 2. The molecule has 3 saturated carbocycles. The Balaban J connectivity index is 0.991. The Bertz CT molecular complexity index is 1230. The molecule has 0 radical (unpaired) electrons. The van der Waals surface area contributed by atoms with Gasteiger partial charge in [0.1, 0.15) is 5.82 Å². The van der Waals surface area contributed by atoms with Crippen molar-refractivity contribution < 1.29 is 14.7 Å². The number of piperazine rings is 1. The highest BCUT2D eigenvalue weighted by atomic mass is 32.1. The fourth-order valence-electron chi connectivity index (χ4n) is 8.84. The lowest BCUT2D eigenvalue weighted by molar-refractivity contribution is -0.142. The quantitative estimate of drug-likeness (QED) is 0.563. The summed E-state index contributed by atoms with van der Waals surface area (Å²) in [4.78, 5) is 33.7. The van der Waals surface area contributed by atoms with Crippen molar-refractivity contribution in [1.29, 1.82) is 0 Å². The molecule has 3 aliphatic carbocycles. The van der Waals surface area contributed by atoms with Gasteiger partial charge in [-0.25, -0.2) is 0 Å². The van der Waals surface area contributed by atoms with Gasteiger partial charge in [-0.2, -0.15) is 4.37 Å². The highest BCUT2D eigenvalue weighted by molar-refractivity contribution is 7.13. The van der Waals surface area contributed by atoms with E-state index in [1.54, 1.807) is 16.4 Å². The number of carbonyl (C=O) groups excluding carboxylic acids is 2. The molecule has 1 aromatic carbocycles. The van der Waals surface area contributed by atoms with E-state index in [1.165, 1.54) is 29.3 Å². The Hall–Kier alpha value is -2.03. The minimum Gasteiger partial charge on any atom is -0.390 e. The Morgan fingerprint density at radius 2 is 1.71 bits per heavy atom. The number of fused-ring (bicyclic) bond motifs is 6. The molecule has 0 spiro atoms. The summed E-state index contributed by atoms with van der Waals surface area (Å²) in [6.07, 6.45) is 6.94. The number of nitrogens with zero attached hydrogens (tertiary/aromatic N) is 4. The van der Waals surface area contributed by atoms with Crippen LogP contribution in [0.15, 0.2) is 24.3 Å². The van der Waals surface area contributed by atoms with Crippen molar-refractivity contribution in [1.82, 2.24) is 14.2 Å². The molecule has 5 fully saturated rings. The summed E-state index contributed by atoms with van der Waals surface area (Å²) in [7, 11) is 0. The Kier molecular flexibility index (Phi) is 6.28. The molecule has 2 aliphatic heterocycles. The van der Waals surface area contributed by atoms with Gasteiger partial charge >= 0.3 is 0 Å². The minimum absolute atomic E-state index is 0.0208. The third kappa shape index (κ3) is 3.93. The van der Waals surface area contributed by atoms with Gasteiger partial charge in [0.25, 0.3) is 0 Å². The Labute approximate surface area is 229 Å². The topological polar surface area (TPSA) is 77.0 Å². The van der Waals surface area contributed by atoms with Crippen LogP contribution in [0.5, 0.6) is 0 Å². The maximum atomic E-state index is 13.6. The largest absolute Gasteiger partial charge is 0.390 e. The molecule has 38 heavy (non-hydrogen) atoms. The van der Waals surface area contributed by atoms with Crippen LogP contribution in [0.25, 0.3) is 10.1 Å². The first kappa shape index (κ1) is 25.0. The van der Waals surface area contributed by atoms with Crippen LogP contribution in [0.4, 0.5) is 5.82 Å². The molecule has 1 aromatic heterocycles. The van der Waals surface area contributed by atoms with Crippen molar-refractivity contribution in [2.75, 3.05) is 44.2 Å². The molecule has 7 atom stereocenters. The molecule has 5 aliphatic rings. The molecule has 0 unspecified atom stereocenters. The molecule has 204 valence electrons. The van der Waals surface area contributed by atoms with E-state index in [-0.39, 0.29) is 35.5 Å². The number of hydrogen-bond acceptors (Lipinski definition) is 7. The Morgan fingerprint density at radius 3 is 2.47 bits per heavy atom. The van der Waals surface area contributed by atoms with Crippen LogP contribution < -0.4 is 4.90 Å². The molecular weight excluding hydrogens is 496 g/mol. The second kappa shape index (κ2) is 9.56. The molecule has 3 heterocycles. The fourth-order valence-corrected chi connectivity index (χ4v) is 9.64. The van der Waals surface area contributed by atoms with Gasteiger partial charge in [-0.05, 0) is 73.5 Å². The van der Waals surface area contributed by atoms with Gasteiger partial charge in [-0.1, -0.05) is 31.9 Å². The molecule has 1 N–H and O–H groups in total. The zero-order valence-electron chi connectivity index (χ0n) is 22.4. The van der Waals surface area contributed by atoms with E-state index in [2.05, 4.69) is 34.1 Å². The number of aromatic nitrogens is 1. The van der Waals surface area contributed by atoms with E-state index >= 15 is 0 Å². The lowest BCUT2D eigenvalue weighted by Crippen LogP contribution is -2.49. The summed E-state index contributed by atoms with van der Waals surface area (Å²) >= 11 is 1.58. The molecule has 2 amide bonds. The van der Waals surface area contributed by atoms with Crippen molar-refractivity contribution in [3.8, 4) is 0 Å². The standard InChI is InChI=1S/C30H40N4O3S/c1-2-30(37)16-21-15-23(30)26-25(21)28(35)34(29(26)36)18-20-8-4-3-7-19(20)17-32-11-13-33(14-12-32)27-22-9-5-6-10-24(22)38-31-27/h5-6,9-10,19-21,23,25-26,37H,2-4,7-8,11-18H2,1H3/t19-,20-,21+,23-,25-,26+,30-/m0/s1. The number of anilines is 1. The number of rotatable bonds is 6.